The summed E-state index contributed by atoms with van der Waals surface area (Å²) in [5.74, 6) is -0.690. The monoisotopic (exact) mass is 195 g/mol. The van der Waals surface area contributed by atoms with Gasteiger partial charge in [0.15, 0.2) is 0 Å². The molecule has 0 spiro atoms. The predicted molar refractivity (Wildman–Crippen MR) is 49.7 cm³/mol. The van der Waals surface area contributed by atoms with Crippen LogP contribution in [0.1, 0.15) is 20.8 Å². The Balaban J connectivity index is 2.35. The van der Waals surface area contributed by atoms with E-state index in [0.717, 1.165) is 4.90 Å². The Morgan fingerprint density at radius 3 is 1.86 bits per heavy atom. The molecule has 0 fully saturated rings. The van der Waals surface area contributed by atoms with Crippen LogP contribution in [0, 0.1) is 0 Å². The molecule has 2 amide bonds. The summed E-state index contributed by atoms with van der Waals surface area (Å²) < 4.78 is 0. The van der Waals surface area contributed by atoms with Gasteiger partial charge in [-0.2, -0.15) is 0 Å². The van der Waals surface area contributed by atoms with Crippen molar-refractivity contribution in [2.45, 2.75) is 32.0 Å². The van der Waals surface area contributed by atoms with Gasteiger partial charge in [-0.25, -0.2) is 0 Å². The second-order valence-corrected chi connectivity index (χ2v) is 4.55. The minimum absolute atomic E-state index is 0.345. The summed E-state index contributed by atoms with van der Waals surface area (Å²) in [6.45, 7) is 4.89. The maximum atomic E-state index is 11.7. The topological polar surface area (TPSA) is 89.4 Å². The van der Waals surface area contributed by atoms with E-state index in [2.05, 4.69) is 0 Å². The summed E-state index contributed by atoms with van der Waals surface area (Å²) in [6.07, 6.45) is 0. The van der Waals surface area contributed by atoms with Crippen LogP contribution in [0.2, 0.25) is 0 Å². The lowest BCUT2D eigenvalue weighted by atomic mass is 10.1. The third-order valence-electron chi connectivity index (χ3n) is 2.64. The Hall–Kier alpha value is -1.20. The third kappa shape index (κ3) is 0.856. The van der Waals surface area contributed by atoms with E-state index in [9.17, 15) is 9.59 Å². The molecule has 1 heterocycles. The summed E-state index contributed by atoms with van der Waals surface area (Å²) in [6, 6.07) is 0. The number of likely N-dealkylation sites (tertiary alicyclic amines) is 1. The van der Waals surface area contributed by atoms with Gasteiger partial charge in [0.25, 0.3) is 11.8 Å². The van der Waals surface area contributed by atoms with Crippen LogP contribution >= 0.6 is 0 Å². The number of carbonyl (C=O) groups excluding carboxylic acids is 2. The maximum absolute atomic E-state index is 11.7. The van der Waals surface area contributed by atoms with Crippen molar-refractivity contribution in [3.63, 3.8) is 0 Å². The van der Waals surface area contributed by atoms with E-state index in [0.29, 0.717) is 11.1 Å². The lowest BCUT2D eigenvalue weighted by Crippen LogP contribution is -2.58. The third-order valence-corrected chi connectivity index (χ3v) is 2.64. The molecule has 76 valence electrons. The zero-order chi connectivity index (χ0) is 10.9. The molecule has 0 atom stereocenters. The van der Waals surface area contributed by atoms with E-state index in [-0.39, 0.29) is 11.8 Å². The number of carbonyl (C=O) groups is 2. The molecule has 5 heteroatoms. The molecule has 4 N–H and O–H groups in total. The quantitative estimate of drug-likeness (QED) is 0.529. The van der Waals surface area contributed by atoms with E-state index in [1.54, 1.807) is 20.8 Å². The summed E-state index contributed by atoms with van der Waals surface area (Å²) in [5.41, 5.74) is 10.5. The zero-order valence-corrected chi connectivity index (χ0v) is 8.42. The first-order chi connectivity index (χ1) is 6.19. The fourth-order valence-electron chi connectivity index (χ4n) is 1.89. The van der Waals surface area contributed by atoms with Gasteiger partial charge in [0.2, 0.25) is 0 Å². The first-order valence-electron chi connectivity index (χ1n) is 4.41. The molecule has 0 saturated heterocycles. The Morgan fingerprint density at radius 2 is 1.57 bits per heavy atom. The number of rotatable bonds is 1. The van der Waals surface area contributed by atoms with Gasteiger partial charge in [0.05, 0.1) is 22.3 Å². The standard InChI is InChI=1S/C9H13N3O2/c1-8(2,10)12-6(13)4-5(7(12)14)9(4,3)11/h10-11H2,1-3H3. The highest BCUT2D eigenvalue weighted by Gasteiger charge is 2.63. The van der Waals surface area contributed by atoms with Crippen LogP contribution in [0.3, 0.4) is 0 Å². The van der Waals surface area contributed by atoms with Crippen LogP contribution in [-0.4, -0.2) is 27.9 Å². The fourth-order valence-corrected chi connectivity index (χ4v) is 1.89. The second-order valence-electron chi connectivity index (χ2n) is 4.55. The molecule has 1 aliphatic heterocycles. The highest BCUT2D eigenvalue weighted by atomic mass is 16.2. The number of hydrogen-bond acceptors (Lipinski definition) is 4. The van der Waals surface area contributed by atoms with Crippen molar-refractivity contribution in [3.8, 4) is 0 Å². The minimum Gasteiger partial charge on any atom is -0.318 e. The van der Waals surface area contributed by atoms with Crippen LogP contribution in [0.15, 0.2) is 11.1 Å². The molecule has 0 radical (unpaired) electrons. The van der Waals surface area contributed by atoms with Crippen molar-refractivity contribution in [3.05, 3.63) is 11.1 Å². The molecule has 0 aromatic carbocycles. The van der Waals surface area contributed by atoms with Gasteiger partial charge in [0, 0.05) is 0 Å². The summed E-state index contributed by atoms with van der Waals surface area (Å²) in [4.78, 5) is 24.5. The van der Waals surface area contributed by atoms with Gasteiger partial charge in [-0.3, -0.25) is 14.5 Å². The Kier molecular flexibility index (Phi) is 1.38. The van der Waals surface area contributed by atoms with Crippen LogP contribution in [0.25, 0.3) is 0 Å². The molecule has 0 aromatic rings. The second kappa shape index (κ2) is 2.07. The normalized spacial score (nSPS) is 24.5. The molecule has 0 aromatic heterocycles. The molecule has 0 unspecified atom stereocenters. The predicted octanol–water partition coefficient (Wildman–Crippen LogP) is -0.922. The number of amides is 2. The average Bonchev–Trinajstić information content (AvgIpc) is 2.35. The molecule has 0 saturated carbocycles. The smallest absolute Gasteiger partial charge is 0.260 e. The van der Waals surface area contributed by atoms with E-state index in [1.165, 1.54) is 0 Å². The number of nitrogens with zero attached hydrogens (tertiary/aromatic N) is 1. The number of piperidine rings is 1. The first kappa shape index (κ1) is 9.36. The van der Waals surface area contributed by atoms with Crippen LogP contribution in [0.4, 0.5) is 0 Å². The van der Waals surface area contributed by atoms with Gasteiger partial charge in [-0.15, -0.1) is 0 Å². The van der Waals surface area contributed by atoms with Gasteiger partial charge in [0.1, 0.15) is 0 Å². The largest absolute Gasteiger partial charge is 0.318 e. The van der Waals surface area contributed by atoms with Crippen molar-refractivity contribution >= 4 is 11.8 Å². The highest BCUT2D eigenvalue weighted by molar-refractivity contribution is 6.29. The van der Waals surface area contributed by atoms with E-state index in [4.69, 9.17) is 11.5 Å². The van der Waals surface area contributed by atoms with Crippen molar-refractivity contribution < 1.29 is 9.59 Å². The lowest BCUT2D eigenvalue weighted by Gasteiger charge is -2.33. The molecular weight excluding hydrogens is 182 g/mol. The number of imide groups is 1. The van der Waals surface area contributed by atoms with Crippen LogP contribution < -0.4 is 11.5 Å². The van der Waals surface area contributed by atoms with Gasteiger partial charge in [-0.1, -0.05) is 0 Å². The molecule has 14 heavy (non-hydrogen) atoms. The van der Waals surface area contributed by atoms with Gasteiger partial charge in [-0.05, 0) is 20.8 Å². The molecule has 2 rings (SSSR count). The molecule has 5 nitrogen and oxygen atoms in total. The first-order valence-corrected chi connectivity index (χ1v) is 4.41. The number of nitrogens with two attached hydrogens (primary N) is 2. The Bertz CT molecular complexity index is 359. The molecule has 1 aliphatic carbocycles. The maximum Gasteiger partial charge on any atom is 0.260 e. The molecular formula is C9H13N3O2. The summed E-state index contributed by atoms with van der Waals surface area (Å²) in [5, 5.41) is 0. The van der Waals surface area contributed by atoms with Crippen LogP contribution in [0.5, 0.6) is 0 Å². The minimum atomic E-state index is -0.961. The summed E-state index contributed by atoms with van der Waals surface area (Å²) in [7, 11) is 0. The summed E-state index contributed by atoms with van der Waals surface area (Å²) >= 11 is 0. The molecule has 0 bridgehead atoms. The SMILES string of the molecule is CC1(N)C2=C1C(=O)N(C(C)(C)N)C2=O. The highest BCUT2D eigenvalue weighted by Crippen LogP contribution is 2.49. The zero-order valence-electron chi connectivity index (χ0n) is 8.42. The van der Waals surface area contributed by atoms with Crippen molar-refractivity contribution in [2.24, 2.45) is 11.5 Å². The van der Waals surface area contributed by atoms with E-state index >= 15 is 0 Å². The van der Waals surface area contributed by atoms with Crippen molar-refractivity contribution in [2.75, 3.05) is 0 Å². The fraction of sp³-hybridized carbons (Fsp3) is 0.556. The van der Waals surface area contributed by atoms with Crippen molar-refractivity contribution in [1.29, 1.82) is 0 Å². The van der Waals surface area contributed by atoms with Gasteiger partial charge >= 0.3 is 0 Å². The van der Waals surface area contributed by atoms with Crippen molar-refractivity contribution in [1.82, 2.24) is 4.90 Å². The Morgan fingerprint density at radius 1 is 1.21 bits per heavy atom. The Labute approximate surface area is 81.7 Å². The van der Waals surface area contributed by atoms with E-state index in [1.807, 2.05) is 0 Å². The average molecular weight is 195 g/mol. The molecule has 2 aliphatic rings. The number of hydrogen-bond donors (Lipinski definition) is 2. The van der Waals surface area contributed by atoms with E-state index < -0.39 is 11.2 Å². The van der Waals surface area contributed by atoms with Crippen LogP contribution in [-0.2, 0) is 9.59 Å². The van der Waals surface area contributed by atoms with Gasteiger partial charge < -0.3 is 11.5 Å². The lowest BCUT2D eigenvalue weighted by molar-refractivity contribution is -0.144.